The molecule has 2 nitrogen and oxygen atoms in total. The van der Waals surface area contributed by atoms with Crippen molar-refractivity contribution < 1.29 is 9.13 Å². The highest BCUT2D eigenvalue weighted by atomic mass is 35.5. The monoisotopic (exact) mass is 279 g/mol. The summed E-state index contributed by atoms with van der Waals surface area (Å²) >= 11 is 5.73. The number of nitrogen functional groups attached to an aromatic ring is 1. The van der Waals surface area contributed by atoms with Gasteiger partial charge in [-0.1, -0.05) is 23.7 Å². The van der Waals surface area contributed by atoms with Gasteiger partial charge in [0, 0.05) is 11.3 Å². The Morgan fingerprint density at radius 1 is 1.21 bits per heavy atom. The maximum absolute atomic E-state index is 13.1. The van der Waals surface area contributed by atoms with Crippen LogP contribution in [-0.4, -0.2) is 0 Å². The van der Waals surface area contributed by atoms with Crippen molar-refractivity contribution >= 4 is 17.3 Å². The molecule has 0 aliphatic rings. The van der Waals surface area contributed by atoms with Crippen LogP contribution in [0.3, 0.4) is 0 Å². The maximum atomic E-state index is 13.1. The van der Waals surface area contributed by atoms with Gasteiger partial charge in [0.25, 0.3) is 0 Å². The van der Waals surface area contributed by atoms with Gasteiger partial charge in [0.1, 0.15) is 18.2 Å². The molecule has 0 saturated carbocycles. The molecule has 2 N–H and O–H groups in total. The van der Waals surface area contributed by atoms with Gasteiger partial charge in [0.2, 0.25) is 0 Å². The van der Waals surface area contributed by atoms with Crippen molar-refractivity contribution in [2.24, 2.45) is 0 Å². The summed E-state index contributed by atoms with van der Waals surface area (Å²) in [6.45, 7) is 4.19. The second kappa shape index (κ2) is 5.49. The van der Waals surface area contributed by atoms with Crippen LogP contribution in [0.1, 0.15) is 16.7 Å². The smallest absolute Gasteiger partial charge is 0.141 e. The molecule has 0 aliphatic carbocycles. The van der Waals surface area contributed by atoms with Crippen LogP contribution in [0, 0.1) is 19.7 Å². The zero-order chi connectivity index (χ0) is 14.0. The number of nitrogens with two attached hydrogens (primary N) is 1. The van der Waals surface area contributed by atoms with Gasteiger partial charge in [0.05, 0.1) is 5.02 Å². The van der Waals surface area contributed by atoms with E-state index >= 15 is 0 Å². The third-order valence-electron chi connectivity index (χ3n) is 3.01. The molecule has 0 bridgehead atoms. The minimum atomic E-state index is -0.429. The van der Waals surface area contributed by atoms with E-state index in [1.165, 1.54) is 6.07 Å². The standard InChI is InChI=1S/C15H15ClFNO/c1-9-3-6-14(18)10(2)15(9)19-8-11-4-5-13(17)12(16)7-11/h3-7H,8,18H2,1-2H3. The Hall–Kier alpha value is -1.74. The van der Waals surface area contributed by atoms with E-state index in [4.69, 9.17) is 22.1 Å². The highest BCUT2D eigenvalue weighted by molar-refractivity contribution is 6.30. The number of anilines is 1. The molecule has 19 heavy (non-hydrogen) atoms. The third kappa shape index (κ3) is 2.99. The predicted octanol–water partition coefficient (Wildman–Crippen LogP) is 4.26. The van der Waals surface area contributed by atoms with Crippen molar-refractivity contribution in [3.05, 3.63) is 57.9 Å². The van der Waals surface area contributed by atoms with E-state index in [2.05, 4.69) is 0 Å². The van der Waals surface area contributed by atoms with Crippen LogP contribution >= 0.6 is 11.6 Å². The van der Waals surface area contributed by atoms with Crippen molar-refractivity contribution in [3.8, 4) is 5.75 Å². The second-order valence-corrected chi connectivity index (χ2v) is 4.87. The summed E-state index contributed by atoms with van der Waals surface area (Å²) in [6, 6.07) is 8.31. The van der Waals surface area contributed by atoms with Crippen LogP contribution in [0.25, 0.3) is 0 Å². The number of benzene rings is 2. The minimum absolute atomic E-state index is 0.0992. The van der Waals surface area contributed by atoms with E-state index < -0.39 is 5.82 Å². The average Bonchev–Trinajstić information content (AvgIpc) is 2.38. The van der Waals surface area contributed by atoms with Gasteiger partial charge >= 0.3 is 0 Å². The number of rotatable bonds is 3. The number of halogens is 2. The van der Waals surface area contributed by atoms with Crippen LogP contribution in [0.15, 0.2) is 30.3 Å². The fourth-order valence-electron chi connectivity index (χ4n) is 1.85. The van der Waals surface area contributed by atoms with E-state index in [9.17, 15) is 4.39 Å². The summed E-state index contributed by atoms with van der Waals surface area (Å²) in [7, 11) is 0. The summed E-state index contributed by atoms with van der Waals surface area (Å²) in [5, 5.41) is 0.0992. The lowest BCUT2D eigenvalue weighted by molar-refractivity contribution is 0.302. The Labute approximate surface area is 117 Å². The van der Waals surface area contributed by atoms with Crippen molar-refractivity contribution in [2.45, 2.75) is 20.5 Å². The van der Waals surface area contributed by atoms with Gasteiger partial charge in [-0.15, -0.1) is 0 Å². The second-order valence-electron chi connectivity index (χ2n) is 4.46. The van der Waals surface area contributed by atoms with Gasteiger partial charge in [-0.2, -0.15) is 0 Å². The fraction of sp³-hybridized carbons (Fsp3) is 0.200. The van der Waals surface area contributed by atoms with Gasteiger partial charge in [-0.3, -0.25) is 0 Å². The molecular weight excluding hydrogens is 265 g/mol. The maximum Gasteiger partial charge on any atom is 0.141 e. The lowest BCUT2D eigenvalue weighted by Crippen LogP contribution is -2.01. The fourth-order valence-corrected chi connectivity index (χ4v) is 2.05. The lowest BCUT2D eigenvalue weighted by atomic mass is 10.1. The molecule has 0 amide bonds. The Kier molecular flexibility index (Phi) is 3.96. The molecule has 2 aromatic carbocycles. The molecule has 0 radical (unpaired) electrons. The van der Waals surface area contributed by atoms with Crippen molar-refractivity contribution in [1.82, 2.24) is 0 Å². The number of hydrogen-bond donors (Lipinski definition) is 1. The molecule has 100 valence electrons. The van der Waals surface area contributed by atoms with Crippen molar-refractivity contribution in [2.75, 3.05) is 5.73 Å². The average molecular weight is 280 g/mol. The summed E-state index contributed by atoms with van der Waals surface area (Å²) in [5.74, 6) is 0.335. The molecular formula is C15H15ClFNO. The molecule has 0 unspecified atom stereocenters. The molecule has 2 rings (SSSR count). The molecule has 0 fully saturated rings. The van der Waals surface area contributed by atoms with E-state index in [-0.39, 0.29) is 5.02 Å². The molecule has 0 saturated heterocycles. The highest BCUT2D eigenvalue weighted by Crippen LogP contribution is 2.28. The molecule has 0 atom stereocenters. The molecule has 0 aromatic heterocycles. The van der Waals surface area contributed by atoms with E-state index in [1.807, 2.05) is 26.0 Å². The Balaban J connectivity index is 2.19. The van der Waals surface area contributed by atoms with Gasteiger partial charge in [-0.25, -0.2) is 4.39 Å². The highest BCUT2D eigenvalue weighted by Gasteiger charge is 2.08. The van der Waals surface area contributed by atoms with Crippen molar-refractivity contribution in [1.29, 1.82) is 0 Å². The zero-order valence-electron chi connectivity index (χ0n) is 10.8. The Morgan fingerprint density at radius 2 is 1.95 bits per heavy atom. The summed E-state index contributed by atoms with van der Waals surface area (Å²) in [5.41, 5.74) is 9.28. The topological polar surface area (TPSA) is 35.2 Å². The quantitative estimate of drug-likeness (QED) is 0.852. The van der Waals surface area contributed by atoms with Crippen LogP contribution in [0.4, 0.5) is 10.1 Å². The van der Waals surface area contributed by atoms with Gasteiger partial charge < -0.3 is 10.5 Å². The molecule has 0 aliphatic heterocycles. The number of aryl methyl sites for hydroxylation is 1. The summed E-state index contributed by atoms with van der Waals surface area (Å²) in [4.78, 5) is 0. The molecule has 0 heterocycles. The lowest BCUT2D eigenvalue weighted by Gasteiger charge is -2.14. The molecule has 4 heteroatoms. The number of hydrogen-bond acceptors (Lipinski definition) is 2. The normalized spacial score (nSPS) is 10.5. The van der Waals surface area contributed by atoms with Gasteiger partial charge in [0.15, 0.2) is 0 Å². The van der Waals surface area contributed by atoms with Crippen LogP contribution in [0.2, 0.25) is 5.02 Å². The van der Waals surface area contributed by atoms with Crippen LogP contribution in [0.5, 0.6) is 5.75 Å². The van der Waals surface area contributed by atoms with E-state index in [0.29, 0.717) is 12.3 Å². The first-order valence-corrected chi connectivity index (χ1v) is 6.29. The van der Waals surface area contributed by atoms with Gasteiger partial charge in [-0.05, 0) is 43.2 Å². The van der Waals surface area contributed by atoms with Crippen LogP contribution < -0.4 is 10.5 Å². The molecule has 2 aromatic rings. The SMILES string of the molecule is Cc1ccc(N)c(C)c1OCc1ccc(F)c(Cl)c1. The zero-order valence-corrected chi connectivity index (χ0v) is 11.6. The first-order chi connectivity index (χ1) is 8.99. The summed E-state index contributed by atoms with van der Waals surface area (Å²) in [6.07, 6.45) is 0. The Bertz CT molecular complexity index is 613. The molecule has 0 spiro atoms. The largest absolute Gasteiger partial charge is 0.488 e. The number of ether oxygens (including phenoxy) is 1. The predicted molar refractivity (Wildman–Crippen MR) is 76.1 cm³/mol. The first-order valence-electron chi connectivity index (χ1n) is 5.91. The first kappa shape index (κ1) is 13.7. The minimum Gasteiger partial charge on any atom is -0.488 e. The Morgan fingerprint density at radius 3 is 2.63 bits per heavy atom. The summed E-state index contributed by atoms with van der Waals surface area (Å²) < 4.78 is 18.8. The third-order valence-corrected chi connectivity index (χ3v) is 3.30. The van der Waals surface area contributed by atoms with E-state index in [0.717, 1.165) is 22.4 Å². The van der Waals surface area contributed by atoms with E-state index in [1.54, 1.807) is 12.1 Å². The van der Waals surface area contributed by atoms with Crippen molar-refractivity contribution in [3.63, 3.8) is 0 Å². The van der Waals surface area contributed by atoms with Crippen LogP contribution in [-0.2, 0) is 6.61 Å².